The molecule has 2 fully saturated rings. The highest BCUT2D eigenvalue weighted by molar-refractivity contribution is 6.99. The average molecular weight is 647 g/mol. The molecule has 6 atom stereocenters. The minimum atomic E-state index is -2.80. The molecule has 252 valence electrons. The van der Waals surface area contributed by atoms with Gasteiger partial charge in [0.25, 0.3) is 8.32 Å². The standard InChI is InChI=1S/C40H58O5Si/c1-27-31(25-44-46(38(6,7)8,29-18-14-12-15-19-29)30-20-16-13-17-21-30)40-23-22-32(43-26-42-11)35(40)28(2)39(9,10)34(40)24-33(27)45-36(41)37(3,4)5/h12-21,27,31-34H,22-26H2,1-11H3/t27-,31-,32+,33-,34-,40-/m0/s1. The van der Waals surface area contributed by atoms with E-state index in [4.69, 9.17) is 18.6 Å². The Labute approximate surface area is 279 Å². The van der Waals surface area contributed by atoms with Gasteiger partial charge in [0, 0.05) is 19.1 Å². The van der Waals surface area contributed by atoms with Crippen LogP contribution in [0.15, 0.2) is 71.8 Å². The first kappa shape index (κ1) is 35.1. The molecule has 0 amide bonds. The molecule has 46 heavy (non-hydrogen) atoms. The maximum absolute atomic E-state index is 13.4. The molecule has 0 bridgehead atoms. The molecule has 0 unspecified atom stereocenters. The summed E-state index contributed by atoms with van der Waals surface area (Å²) in [5, 5.41) is 2.44. The van der Waals surface area contributed by atoms with Crippen molar-refractivity contribution < 1.29 is 23.4 Å². The van der Waals surface area contributed by atoms with Crippen LogP contribution in [0.3, 0.4) is 0 Å². The molecular formula is C40H58O5Si. The Balaban J connectivity index is 1.65. The Bertz CT molecular complexity index is 1360. The van der Waals surface area contributed by atoms with Gasteiger partial charge in [0.15, 0.2) is 0 Å². The molecule has 0 aliphatic heterocycles. The molecule has 0 aromatic heterocycles. The number of esters is 1. The molecule has 0 N–H and O–H groups in total. The monoisotopic (exact) mass is 646 g/mol. The summed E-state index contributed by atoms with van der Waals surface area (Å²) >= 11 is 0. The number of hydrogen-bond acceptors (Lipinski definition) is 5. The quantitative estimate of drug-likeness (QED) is 0.120. The summed E-state index contributed by atoms with van der Waals surface area (Å²) in [6.07, 6.45) is 2.71. The van der Waals surface area contributed by atoms with Crippen LogP contribution in [0.2, 0.25) is 5.04 Å². The second-order valence-electron chi connectivity index (χ2n) is 16.8. The van der Waals surface area contributed by atoms with Crippen LogP contribution in [0, 0.1) is 34.0 Å². The van der Waals surface area contributed by atoms with Crippen LogP contribution in [0.1, 0.15) is 88.5 Å². The third-order valence-electron chi connectivity index (χ3n) is 12.0. The predicted molar refractivity (Wildman–Crippen MR) is 189 cm³/mol. The van der Waals surface area contributed by atoms with Gasteiger partial charge in [0.2, 0.25) is 0 Å². The lowest BCUT2D eigenvalue weighted by molar-refractivity contribution is -0.175. The second kappa shape index (κ2) is 12.6. The minimum Gasteiger partial charge on any atom is -0.462 e. The molecule has 6 heteroatoms. The molecular weight excluding hydrogens is 589 g/mol. The van der Waals surface area contributed by atoms with E-state index in [1.165, 1.54) is 21.5 Å². The SMILES string of the molecule is COCO[C@@H]1CC[C@@]23C1=C(C)C(C)(C)[C@@H]2C[C@H](OC(=O)C(C)(C)C)[C@@H](C)[C@@H]3CO[Si](c1ccccc1)(c1ccccc1)C(C)(C)C. The van der Waals surface area contributed by atoms with Gasteiger partial charge in [0.1, 0.15) is 12.9 Å². The summed E-state index contributed by atoms with van der Waals surface area (Å²) in [6.45, 7) is 23.2. The van der Waals surface area contributed by atoms with Crippen LogP contribution in [-0.2, 0) is 23.4 Å². The van der Waals surface area contributed by atoms with Crippen molar-refractivity contribution in [3.8, 4) is 0 Å². The first-order valence-electron chi connectivity index (χ1n) is 17.3. The molecule has 3 aliphatic carbocycles. The average Bonchev–Trinajstić information content (AvgIpc) is 3.44. The van der Waals surface area contributed by atoms with E-state index in [0.29, 0.717) is 12.5 Å². The topological polar surface area (TPSA) is 54.0 Å². The molecule has 2 aromatic carbocycles. The fraction of sp³-hybridized carbons (Fsp3) is 0.625. The van der Waals surface area contributed by atoms with Gasteiger partial charge in [0.05, 0.1) is 11.5 Å². The Kier molecular flexibility index (Phi) is 9.64. The van der Waals surface area contributed by atoms with Crippen LogP contribution in [-0.4, -0.2) is 47.0 Å². The first-order valence-corrected chi connectivity index (χ1v) is 19.2. The molecule has 3 aliphatic rings. The lowest BCUT2D eigenvalue weighted by atomic mass is 9.52. The first-order chi connectivity index (χ1) is 21.5. The Hall–Kier alpha value is -2.25. The number of methoxy groups -OCH3 is 1. The normalized spacial score (nSPS) is 29.4. The van der Waals surface area contributed by atoms with Gasteiger partial charge < -0.3 is 18.6 Å². The number of carbonyl (C=O) groups excluding carboxylic acids is 1. The van der Waals surface area contributed by atoms with Gasteiger partial charge >= 0.3 is 5.97 Å². The van der Waals surface area contributed by atoms with E-state index in [1.807, 2.05) is 20.8 Å². The second-order valence-corrected chi connectivity index (χ2v) is 21.1. The van der Waals surface area contributed by atoms with E-state index in [-0.39, 0.29) is 52.7 Å². The number of benzene rings is 2. The van der Waals surface area contributed by atoms with Crippen LogP contribution >= 0.6 is 0 Å². The zero-order chi connectivity index (χ0) is 33.7. The van der Waals surface area contributed by atoms with Gasteiger partial charge in [-0.2, -0.15) is 0 Å². The van der Waals surface area contributed by atoms with E-state index >= 15 is 0 Å². The van der Waals surface area contributed by atoms with Gasteiger partial charge in [-0.05, 0) is 91.1 Å². The van der Waals surface area contributed by atoms with Gasteiger partial charge in [-0.1, -0.05) is 108 Å². The van der Waals surface area contributed by atoms with E-state index in [9.17, 15) is 4.79 Å². The lowest BCUT2D eigenvalue weighted by Gasteiger charge is -2.55. The molecule has 0 heterocycles. The van der Waals surface area contributed by atoms with Crippen molar-refractivity contribution in [1.82, 2.24) is 0 Å². The summed E-state index contributed by atoms with van der Waals surface area (Å²) in [6, 6.07) is 21.8. The summed E-state index contributed by atoms with van der Waals surface area (Å²) in [4.78, 5) is 13.4. The zero-order valence-electron chi connectivity index (χ0n) is 30.2. The highest BCUT2D eigenvalue weighted by Crippen LogP contribution is 2.71. The molecule has 1 spiro atoms. The summed E-state index contributed by atoms with van der Waals surface area (Å²) < 4.78 is 26.1. The predicted octanol–water partition coefficient (Wildman–Crippen LogP) is 7.92. The van der Waals surface area contributed by atoms with Crippen molar-refractivity contribution in [2.24, 2.45) is 34.0 Å². The third kappa shape index (κ3) is 5.65. The number of rotatable bonds is 9. The van der Waals surface area contributed by atoms with E-state index in [2.05, 4.69) is 109 Å². The smallest absolute Gasteiger partial charge is 0.311 e. The fourth-order valence-corrected chi connectivity index (χ4v) is 14.1. The highest BCUT2D eigenvalue weighted by atomic mass is 28.4. The van der Waals surface area contributed by atoms with Crippen LogP contribution in [0.5, 0.6) is 0 Å². The molecule has 5 rings (SSSR count). The maximum atomic E-state index is 13.4. The van der Waals surface area contributed by atoms with Crippen molar-refractivity contribution in [2.45, 2.75) is 106 Å². The number of ether oxygens (including phenoxy) is 3. The van der Waals surface area contributed by atoms with Crippen molar-refractivity contribution in [2.75, 3.05) is 20.5 Å². The summed E-state index contributed by atoms with van der Waals surface area (Å²) in [5.74, 6) is 0.445. The Morgan fingerprint density at radius 3 is 2.00 bits per heavy atom. The number of allylic oxidation sites excluding steroid dienone is 1. The van der Waals surface area contributed by atoms with Gasteiger partial charge in [-0.3, -0.25) is 4.79 Å². The molecule has 5 nitrogen and oxygen atoms in total. The summed E-state index contributed by atoms with van der Waals surface area (Å²) in [5.41, 5.74) is 2.17. The molecule has 2 saturated carbocycles. The molecule has 0 radical (unpaired) electrons. The summed E-state index contributed by atoms with van der Waals surface area (Å²) in [7, 11) is -1.10. The minimum absolute atomic E-state index is 0.0282. The number of hydrogen-bond donors (Lipinski definition) is 0. The largest absolute Gasteiger partial charge is 0.462 e. The van der Waals surface area contributed by atoms with Gasteiger partial charge in [-0.15, -0.1) is 0 Å². The van der Waals surface area contributed by atoms with Crippen LogP contribution < -0.4 is 10.4 Å². The van der Waals surface area contributed by atoms with E-state index in [0.717, 1.165) is 19.3 Å². The van der Waals surface area contributed by atoms with Crippen molar-refractivity contribution in [3.63, 3.8) is 0 Å². The Morgan fingerprint density at radius 2 is 1.50 bits per heavy atom. The zero-order valence-corrected chi connectivity index (χ0v) is 31.2. The molecule has 2 aromatic rings. The van der Waals surface area contributed by atoms with Crippen molar-refractivity contribution >= 4 is 24.7 Å². The third-order valence-corrected chi connectivity index (χ3v) is 17.0. The lowest BCUT2D eigenvalue weighted by Crippen LogP contribution is -2.67. The van der Waals surface area contributed by atoms with Crippen molar-refractivity contribution in [1.29, 1.82) is 0 Å². The Morgan fingerprint density at radius 1 is 0.935 bits per heavy atom. The van der Waals surface area contributed by atoms with Crippen molar-refractivity contribution in [3.05, 3.63) is 71.8 Å². The van der Waals surface area contributed by atoms with Crippen LogP contribution in [0.25, 0.3) is 0 Å². The highest BCUT2D eigenvalue weighted by Gasteiger charge is 2.68. The van der Waals surface area contributed by atoms with E-state index < -0.39 is 13.7 Å². The number of carbonyl (C=O) groups is 1. The van der Waals surface area contributed by atoms with Crippen LogP contribution in [0.4, 0.5) is 0 Å². The van der Waals surface area contributed by atoms with E-state index in [1.54, 1.807) is 7.11 Å². The molecule has 0 saturated heterocycles. The maximum Gasteiger partial charge on any atom is 0.311 e. The van der Waals surface area contributed by atoms with Gasteiger partial charge in [-0.25, -0.2) is 0 Å². The fourth-order valence-electron chi connectivity index (χ4n) is 9.54.